The van der Waals surface area contributed by atoms with Crippen molar-refractivity contribution in [2.45, 2.75) is 46.5 Å². The summed E-state index contributed by atoms with van der Waals surface area (Å²) in [5.41, 5.74) is -0.849. The summed E-state index contributed by atoms with van der Waals surface area (Å²) in [5, 5.41) is 2.66. The molecule has 2 unspecified atom stereocenters. The van der Waals surface area contributed by atoms with Gasteiger partial charge in [0, 0.05) is 0 Å². The lowest BCUT2D eigenvalue weighted by Crippen LogP contribution is -2.56. The monoisotopic (exact) mass is 241 g/mol. The minimum absolute atomic E-state index is 0.00954. The molecular weight excluding hydrogens is 222 g/mol. The van der Waals surface area contributed by atoms with Gasteiger partial charge in [-0.3, -0.25) is 9.59 Å². The lowest BCUT2D eigenvalue weighted by atomic mass is 9.66. The molecule has 1 saturated heterocycles. The van der Waals surface area contributed by atoms with Crippen LogP contribution < -0.4 is 5.32 Å². The molecule has 0 radical (unpaired) electrons. The topological polar surface area (TPSA) is 46.2 Å². The zero-order valence-electron chi connectivity index (χ0n) is 10.1. The number of carbonyl (C=O) groups is 2. The first-order valence-corrected chi connectivity index (χ1v) is 6.27. The first-order valence-electron chi connectivity index (χ1n) is 5.86. The molecule has 0 aromatic rings. The minimum Gasteiger partial charge on any atom is -0.319 e. The van der Waals surface area contributed by atoms with Gasteiger partial charge < -0.3 is 5.32 Å². The lowest BCUT2D eigenvalue weighted by molar-refractivity contribution is -0.146. The summed E-state index contributed by atoms with van der Waals surface area (Å²) in [7, 11) is 0. The van der Waals surface area contributed by atoms with Crippen molar-refractivity contribution in [3.05, 3.63) is 0 Å². The van der Waals surface area contributed by atoms with Crippen LogP contribution >= 0.6 is 12.2 Å². The summed E-state index contributed by atoms with van der Waals surface area (Å²) in [6, 6.07) is 0. The maximum absolute atomic E-state index is 12.1. The van der Waals surface area contributed by atoms with Gasteiger partial charge in [-0.05, 0) is 18.8 Å². The molecule has 1 amide bonds. The second-order valence-electron chi connectivity index (χ2n) is 4.49. The summed E-state index contributed by atoms with van der Waals surface area (Å²) in [6.07, 6.45) is 2.64. The molecule has 2 atom stereocenters. The number of Topliss-reactive ketones (excluding diaryl/α,β-unsaturated/α-hetero) is 1. The van der Waals surface area contributed by atoms with Crippen LogP contribution in [0.15, 0.2) is 0 Å². The average Bonchev–Trinajstić information content (AvgIpc) is 2.18. The number of piperidine rings is 1. The zero-order valence-corrected chi connectivity index (χ0v) is 10.9. The van der Waals surface area contributed by atoms with Crippen LogP contribution in [0.1, 0.15) is 46.5 Å². The molecule has 1 N–H and O–H groups in total. The lowest BCUT2D eigenvalue weighted by Gasteiger charge is -2.38. The van der Waals surface area contributed by atoms with Crippen LogP contribution in [-0.2, 0) is 9.59 Å². The van der Waals surface area contributed by atoms with E-state index >= 15 is 0 Å². The third-order valence-corrected chi connectivity index (χ3v) is 3.84. The van der Waals surface area contributed by atoms with Gasteiger partial charge in [0.1, 0.15) is 5.41 Å². The van der Waals surface area contributed by atoms with E-state index in [2.05, 4.69) is 12.2 Å². The van der Waals surface area contributed by atoms with Crippen molar-refractivity contribution < 1.29 is 9.59 Å². The van der Waals surface area contributed by atoms with Gasteiger partial charge in [0.05, 0.1) is 11.4 Å². The van der Waals surface area contributed by atoms with E-state index in [9.17, 15) is 9.59 Å². The standard InChI is InChI=1S/C12H19NO2S/c1-4-6-8(3)12(5-2)9(14)7-10(16)13-11(12)15/h8H,4-7H2,1-3H3,(H,13,15,16). The van der Waals surface area contributed by atoms with Crippen molar-refractivity contribution >= 4 is 28.9 Å². The third-order valence-electron chi connectivity index (χ3n) is 3.60. The van der Waals surface area contributed by atoms with Crippen LogP contribution in [-0.4, -0.2) is 16.7 Å². The van der Waals surface area contributed by atoms with Gasteiger partial charge in [-0.15, -0.1) is 0 Å². The molecule has 1 aliphatic heterocycles. The Morgan fingerprint density at radius 2 is 2.06 bits per heavy atom. The summed E-state index contributed by atoms with van der Waals surface area (Å²) in [6.45, 7) is 5.95. The highest BCUT2D eigenvalue weighted by molar-refractivity contribution is 7.80. The predicted molar refractivity (Wildman–Crippen MR) is 67.2 cm³/mol. The summed E-state index contributed by atoms with van der Waals surface area (Å²) in [5.74, 6) is -0.125. The van der Waals surface area contributed by atoms with Gasteiger partial charge in [0.25, 0.3) is 0 Å². The first kappa shape index (κ1) is 13.3. The maximum Gasteiger partial charge on any atom is 0.238 e. The molecule has 16 heavy (non-hydrogen) atoms. The van der Waals surface area contributed by atoms with Crippen molar-refractivity contribution in [1.82, 2.24) is 5.32 Å². The normalized spacial score (nSPS) is 27.8. The number of thiocarbonyl (C=S) groups is 1. The molecule has 0 spiro atoms. The van der Waals surface area contributed by atoms with E-state index in [1.165, 1.54) is 0 Å². The van der Waals surface area contributed by atoms with E-state index < -0.39 is 5.41 Å². The molecule has 1 aliphatic rings. The first-order chi connectivity index (χ1) is 7.48. The molecule has 0 aromatic carbocycles. The Bertz CT molecular complexity index is 305. The summed E-state index contributed by atoms with van der Waals surface area (Å²) in [4.78, 5) is 24.6. The molecule has 0 saturated carbocycles. The highest BCUT2D eigenvalue weighted by atomic mass is 32.1. The molecule has 1 rings (SSSR count). The quantitative estimate of drug-likeness (QED) is 0.606. The molecule has 0 aliphatic carbocycles. The van der Waals surface area contributed by atoms with E-state index in [0.717, 1.165) is 12.8 Å². The molecule has 90 valence electrons. The van der Waals surface area contributed by atoms with Crippen LogP contribution in [0.3, 0.4) is 0 Å². The molecule has 3 nitrogen and oxygen atoms in total. The molecule has 4 heteroatoms. The van der Waals surface area contributed by atoms with Crippen molar-refractivity contribution in [1.29, 1.82) is 0 Å². The number of rotatable bonds is 4. The fraction of sp³-hybridized carbons (Fsp3) is 0.750. The SMILES string of the molecule is CCCC(C)C1(CC)C(=O)CC(=S)NC1=O. The van der Waals surface area contributed by atoms with Crippen LogP contribution in [0.25, 0.3) is 0 Å². The van der Waals surface area contributed by atoms with Gasteiger partial charge >= 0.3 is 0 Å². The molecule has 0 aromatic heterocycles. The molecule has 0 bridgehead atoms. The Labute approximate surface area is 102 Å². The van der Waals surface area contributed by atoms with E-state index in [-0.39, 0.29) is 24.0 Å². The summed E-state index contributed by atoms with van der Waals surface area (Å²) >= 11 is 4.91. The van der Waals surface area contributed by atoms with E-state index in [1.54, 1.807) is 0 Å². The second kappa shape index (κ2) is 5.04. The smallest absolute Gasteiger partial charge is 0.238 e. The van der Waals surface area contributed by atoms with Crippen molar-refractivity contribution in [3.63, 3.8) is 0 Å². The van der Waals surface area contributed by atoms with Gasteiger partial charge in [0.15, 0.2) is 5.78 Å². The van der Waals surface area contributed by atoms with Crippen LogP contribution in [0.4, 0.5) is 0 Å². The van der Waals surface area contributed by atoms with Gasteiger partial charge in [-0.25, -0.2) is 0 Å². The van der Waals surface area contributed by atoms with Gasteiger partial charge in [-0.1, -0.05) is 39.4 Å². The number of nitrogens with one attached hydrogen (secondary N) is 1. The van der Waals surface area contributed by atoms with Gasteiger partial charge in [0.2, 0.25) is 5.91 Å². The number of carbonyl (C=O) groups excluding carboxylic acids is 2. The highest BCUT2D eigenvalue weighted by Gasteiger charge is 2.50. The molecule has 1 heterocycles. The Balaban J connectivity index is 3.05. The largest absolute Gasteiger partial charge is 0.319 e. The zero-order chi connectivity index (χ0) is 12.3. The highest BCUT2D eigenvalue weighted by Crippen LogP contribution is 2.38. The number of amides is 1. The predicted octanol–water partition coefficient (Wildman–Crippen LogP) is 2.24. The fourth-order valence-corrected chi connectivity index (χ4v) is 2.82. The van der Waals surface area contributed by atoms with E-state index in [4.69, 9.17) is 12.2 Å². The Morgan fingerprint density at radius 1 is 1.44 bits per heavy atom. The summed E-state index contributed by atoms with van der Waals surface area (Å²) < 4.78 is 0. The number of ketones is 1. The van der Waals surface area contributed by atoms with Crippen LogP contribution in [0.5, 0.6) is 0 Å². The fourth-order valence-electron chi connectivity index (χ4n) is 2.60. The average molecular weight is 241 g/mol. The van der Waals surface area contributed by atoms with Crippen molar-refractivity contribution in [2.75, 3.05) is 0 Å². The Kier molecular flexibility index (Phi) is 4.19. The second-order valence-corrected chi connectivity index (χ2v) is 4.98. The Morgan fingerprint density at radius 3 is 2.50 bits per heavy atom. The number of hydrogen-bond acceptors (Lipinski definition) is 3. The molecule has 1 fully saturated rings. The van der Waals surface area contributed by atoms with Crippen molar-refractivity contribution in [2.24, 2.45) is 11.3 Å². The Hall–Kier alpha value is -0.770. The third kappa shape index (κ3) is 2.03. The number of hydrogen-bond donors (Lipinski definition) is 1. The van der Waals surface area contributed by atoms with E-state index in [1.807, 2.05) is 13.8 Å². The van der Waals surface area contributed by atoms with Gasteiger partial charge in [-0.2, -0.15) is 0 Å². The van der Waals surface area contributed by atoms with Crippen LogP contribution in [0, 0.1) is 11.3 Å². The van der Waals surface area contributed by atoms with E-state index in [0.29, 0.717) is 11.4 Å². The molecular formula is C12H19NO2S. The maximum atomic E-state index is 12.1. The van der Waals surface area contributed by atoms with Crippen LogP contribution in [0.2, 0.25) is 0 Å². The van der Waals surface area contributed by atoms with Crippen molar-refractivity contribution in [3.8, 4) is 0 Å². The minimum atomic E-state index is -0.849.